The van der Waals surface area contributed by atoms with Crippen LogP contribution in [0.2, 0.25) is 0 Å². The molecule has 0 radical (unpaired) electrons. The summed E-state index contributed by atoms with van der Waals surface area (Å²) in [6, 6.07) is -0.795. The number of carboxylic acids is 1. The summed E-state index contributed by atoms with van der Waals surface area (Å²) in [6.07, 6.45) is 4.30. The first-order valence-electron chi connectivity index (χ1n) is 6.90. The molecule has 1 fully saturated rings. The van der Waals surface area contributed by atoms with Gasteiger partial charge in [0, 0.05) is 6.54 Å². The van der Waals surface area contributed by atoms with E-state index in [9.17, 15) is 19.5 Å². The van der Waals surface area contributed by atoms with Crippen molar-refractivity contribution < 1.29 is 29.0 Å². The molecule has 7 heteroatoms. The Morgan fingerprint density at radius 1 is 1.24 bits per heavy atom. The van der Waals surface area contributed by atoms with Crippen LogP contribution in [-0.2, 0) is 23.9 Å². The smallest absolute Gasteiger partial charge is 0.331 e. The number of carbonyl (C=O) groups is 3. The number of rotatable bonds is 3. The zero-order chi connectivity index (χ0) is 15.4. The highest BCUT2D eigenvalue weighted by atomic mass is 16.5. The fourth-order valence-electron chi connectivity index (χ4n) is 2.77. The molecule has 0 saturated carbocycles. The number of hydrogen-bond acceptors (Lipinski definition) is 5. The van der Waals surface area contributed by atoms with Gasteiger partial charge in [-0.15, -0.1) is 0 Å². The van der Waals surface area contributed by atoms with Crippen molar-refractivity contribution in [2.75, 3.05) is 26.9 Å². The van der Waals surface area contributed by atoms with Gasteiger partial charge in [0.1, 0.15) is 0 Å². The predicted octanol–water partition coefficient (Wildman–Crippen LogP) is 0.0538. The standard InChI is InChI=1S/C14H19NO6/c1-20-14(19)11-8-21-7-6-15(11)12(16)9-4-2-3-5-10(9)13(17)18/h2-3,9-11H,4-8H2,1H3,(H,17,18)/t9-,10+,11?/m1/s1. The van der Waals surface area contributed by atoms with Crippen molar-refractivity contribution in [2.45, 2.75) is 18.9 Å². The van der Waals surface area contributed by atoms with Gasteiger partial charge in [0.2, 0.25) is 5.91 Å². The molecule has 1 aliphatic heterocycles. The number of esters is 1. The molecule has 7 nitrogen and oxygen atoms in total. The number of methoxy groups -OCH3 is 1. The highest BCUT2D eigenvalue weighted by molar-refractivity contribution is 5.89. The van der Waals surface area contributed by atoms with E-state index in [1.807, 2.05) is 6.08 Å². The van der Waals surface area contributed by atoms with Crippen molar-refractivity contribution in [3.05, 3.63) is 12.2 Å². The van der Waals surface area contributed by atoms with Gasteiger partial charge in [-0.25, -0.2) is 4.79 Å². The lowest BCUT2D eigenvalue weighted by Gasteiger charge is -2.37. The van der Waals surface area contributed by atoms with E-state index in [4.69, 9.17) is 4.74 Å². The van der Waals surface area contributed by atoms with Gasteiger partial charge < -0.3 is 19.5 Å². The lowest BCUT2D eigenvalue weighted by atomic mass is 9.82. The number of carbonyl (C=O) groups excluding carboxylic acids is 2. The Balaban J connectivity index is 2.17. The molecule has 2 rings (SSSR count). The third-order valence-electron chi connectivity index (χ3n) is 3.95. The van der Waals surface area contributed by atoms with Gasteiger partial charge >= 0.3 is 11.9 Å². The molecular weight excluding hydrogens is 278 g/mol. The van der Waals surface area contributed by atoms with Gasteiger partial charge in [-0.05, 0) is 12.8 Å². The van der Waals surface area contributed by atoms with E-state index in [0.29, 0.717) is 19.4 Å². The SMILES string of the molecule is COC(=O)C1COCCN1C(=O)[C@@H]1CC=CC[C@@H]1C(=O)O. The van der Waals surface area contributed by atoms with E-state index < -0.39 is 29.8 Å². The first kappa shape index (κ1) is 15.5. The van der Waals surface area contributed by atoms with Crippen LogP contribution in [0.25, 0.3) is 0 Å². The number of aliphatic carboxylic acids is 1. The lowest BCUT2D eigenvalue weighted by molar-refractivity contribution is -0.165. The van der Waals surface area contributed by atoms with Crippen LogP contribution in [0.4, 0.5) is 0 Å². The number of hydrogen-bond donors (Lipinski definition) is 1. The molecule has 0 aromatic rings. The number of ether oxygens (including phenoxy) is 2. The van der Waals surface area contributed by atoms with Crippen LogP contribution < -0.4 is 0 Å². The number of amides is 1. The van der Waals surface area contributed by atoms with E-state index in [1.54, 1.807) is 6.08 Å². The quantitative estimate of drug-likeness (QED) is 0.584. The van der Waals surface area contributed by atoms with Crippen LogP contribution >= 0.6 is 0 Å². The second-order valence-corrected chi connectivity index (χ2v) is 5.14. The molecule has 1 amide bonds. The number of nitrogens with zero attached hydrogens (tertiary/aromatic N) is 1. The summed E-state index contributed by atoms with van der Waals surface area (Å²) in [6.45, 7) is 0.684. The fraction of sp³-hybridized carbons (Fsp3) is 0.643. The summed E-state index contributed by atoms with van der Waals surface area (Å²) in [7, 11) is 1.25. The molecular formula is C14H19NO6. The molecule has 1 unspecified atom stereocenters. The minimum atomic E-state index is -0.986. The third kappa shape index (κ3) is 3.24. The molecule has 1 saturated heterocycles. The minimum Gasteiger partial charge on any atom is -0.481 e. The Hall–Kier alpha value is -1.89. The summed E-state index contributed by atoms with van der Waals surface area (Å²) < 4.78 is 9.91. The van der Waals surface area contributed by atoms with Gasteiger partial charge in [0.25, 0.3) is 0 Å². The molecule has 116 valence electrons. The predicted molar refractivity (Wildman–Crippen MR) is 71.3 cm³/mol. The van der Waals surface area contributed by atoms with E-state index in [1.165, 1.54) is 12.0 Å². The van der Waals surface area contributed by atoms with Crippen LogP contribution in [0.15, 0.2) is 12.2 Å². The van der Waals surface area contributed by atoms with Crippen molar-refractivity contribution >= 4 is 17.8 Å². The third-order valence-corrected chi connectivity index (χ3v) is 3.95. The Kier molecular flexibility index (Phi) is 4.95. The summed E-state index contributed by atoms with van der Waals surface area (Å²) in [5, 5.41) is 9.26. The number of allylic oxidation sites excluding steroid dienone is 2. The van der Waals surface area contributed by atoms with E-state index in [0.717, 1.165) is 0 Å². The maximum absolute atomic E-state index is 12.7. The minimum absolute atomic E-state index is 0.0821. The molecule has 1 aliphatic carbocycles. The van der Waals surface area contributed by atoms with Crippen molar-refractivity contribution in [3.63, 3.8) is 0 Å². The van der Waals surface area contributed by atoms with Crippen molar-refractivity contribution in [1.82, 2.24) is 4.90 Å². The molecule has 0 spiro atoms. The van der Waals surface area contributed by atoms with Crippen LogP contribution in [0.5, 0.6) is 0 Å². The summed E-state index contributed by atoms with van der Waals surface area (Å²) in [5.41, 5.74) is 0. The van der Waals surface area contributed by atoms with Gasteiger partial charge in [0.15, 0.2) is 6.04 Å². The molecule has 2 aliphatic rings. The van der Waals surface area contributed by atoms with Gasteiger partial charge in [-0.2, -0.15) is 0 Å². The first-order valence-corrected chi connectivity index (χ1v) is 6.90. The van der Waals surface area contributed by atoms with Crippen LogP contribution in [0.3, 0.4) is 0 Å². The zero-order valence-corrected chi connectivity index (χ0v) is 11.9. The maximum atomic E-state index is 12.7. The highest BCUT2D eigenvalue weighted by Crippen LogP contribution is 2.29. The fourth-order valence-corrected chi connectivity index (χ4v) is 2.77. The topological polar surface area (TPSA) is 93.1 Å². The van der Waals surface area contributed by atoms with Gasteiger partial charge in [-0.1, -0.05) is 12.2 Å². The maximum Gasteiger partial charge on any atom is 0.331 e. The van der Waals surface area contributed by atoms with E-state index >= 15 is 0 Å². The van der Waals surface area contributed by atoms with E-state index in [-0.39, 0.29) is 19.1 Å². The Bertz CT molecular complexity index is 460. The highest BCUT2D eigenvalue weighted by Gasteiger charge is 2.41. The van der Waals surface area contributed by atoms with Gasteiger partial charge in [-0.3, -0.25) is 9.59 Å². The van der Waals surface area contributed by atoms with Crippen LogP contribution in [0.1, 0.15) is 12.8 Å². The summed E-state index contributed by atoms with van der Waals surface area (Å²) in [4.78, 5) is 37.1. The average molecular weight is 297 g/mol. The molecule has 0 bridgehead atoms. The van der Waals surface area contributed by atoms with E-state index in [2.05, 4.69) is 4.74 Å². The van der Waals surface area contributed by atoms with Crippen LogP contribution in [-0.4, -0.2) is 60.8 Å². The van der Waals surface area contributed by atoms with Crippen molar-refractivity contribution in [2.24, 2.45) is 11.8 Å². The first-order chi connectivity index (χ1) is 10.1. The summed E-state index contributed by atoms with van der Waals surface area (Å²) in [5.74, 6) is -3.23. The Labute approximate surface area is 122 Å². The number of carboxylic acid groups (broad SMARTS) is 1. The molecule has 1 heterocycles. The van der Waals surface area contributed by atoms with Gasteiger partial charge in [0.05, 0.1) is 32.2 Å². The van der Waals surface area contributed by atoms with Crippen molar-refractivity contribution in [3.8, 4) is 0 Å². The molecule has 21 heavy (non-hydrogen) atoms. The molecule has 0 aromatic carbocycles. The Morgan fingerprint density at radius 2 is 1.90 bits per heavy atom. The Morgan fingerprint density at radius 3 is 2.52 bits per heavy atom. The summed E-state index contributed by atoms with van der Waals surface area (Å²) >= 11 is 0. The zero-order valence-electron chi connectivity index (χ0n) is 11.9. The van der Waals surface area contributed by atoms with Crippen LogP contribution in [0, 0.1) is 11.8 Å². The van der Waals surface area contributed by atoms with Crippen molar-refractivity contribution in [1.29, 1.82) is 0 Å². The lowest BCUT2D eigenvalue weighted by Crippen LogP contribution is -2.55. The average Bonchev–Trinajstić information content (AvgIpc) is 2.53. The second-order valence-electron chi connectivity index (χ2n) is 5.14. The second kappa shape index (κ2) is 6.71. The molecule has 0 aromatic heterocycles. The molecule has 3 atom stereocenters. The monoisotopic (exact) mass is 297 g/mol. The molecule has 1 N–H and O–H groups in total. The normalized spacial score (nSPS) is 29.0. The largest absolute Gasteiger partial charge is 0.481 e. The number of morpholine rings is 1.